The van der Waals surface area contributed by atoms with Crippen molar-refractivity contribution >= 4 is 28.6 Å². The van der Waals surface area contributed by atoms with Crippen molar-refractivity contribution in [1.82, 2.24) is 5.32 Å². The number of rotatable bonds is 6. The van der Waals surface area contributed by atoms with Crippen molar-refractivity contribution in [3.8, 4) is 0 Å². The van der Waals surface area contributed by atoms with Crippen LogP contribution in [0.3, 0.4) is 0 Å². The summed E-state index contributed by atoms with van der Waals surface area (Å²) in [6.45, 7) is 4.70. The zero-order chi connectivity index (χ0) is 15.4. The van der Waals surface area contributed by atoms with E-state index in [9.17, 15) is 10.1 Å². The van der Waals surface area contributed by atoms with Gasteiger partial charge in [-0.15, -0.1) is 11.3 Å². The number of nitro groups is 1. The standard InChI is InChI=1S/C15H17ClN2O2S/c1-10(2)15(14-4-3-7-21-14)17-9-11-5-6-12(16)8-13(11)18(19)20/h3-8,10,15,17H,9H2,1-2H3. The van der Waals surface area contributed by atoms with E-state index in [4.69, 9.17) is 11.6 Å². The fourth-order valence-corrected chi connectivity index (χ4v) is 3.35. The van der Waals surface area contributed by atoms with Crippen LogP contribution in [-0.2, 0) is 6.54 Å². The molecule has 0 aliphatic heterocycles. The van der Waals surface area contributed by atoms with Crippen LogP contribution in [0.5, 0.6) is 0 Å². The van der Waals surface area contributed by atoms with Gasteiger partial charge in [-0.3, -0.25) is 10.1 Å². The van der Waals surface area contributed by atoms with E-state index in [0.717, 1.165) is 0 Å². The Bertz CT molecular complexity index is 614. The third-order valence-corrected chi connectivity index (χ3v) is 4.46. The van der Waals surface area contributed by atoms with Crippen molar-refractivity contribution in [3.63, 3.8) is 0 Å². The van der Waals surface area contributed by atoms with Crippen molar-refractivity contribution in [2.75, 3.05) is 0 Å². The van der Waals surface area contributed by atoms with Gasteiger partial charge in [0.25, 0.3) is 5.69 Å². The Morgan fingerprint density at radius 3 is 2.71 bits per heavy atom. The Morgan fingerprint density at radius 2 is 2.14 bits per heavy atom. The van der Waals surface area contributed by atoms with Gasteiger partial charge in [0.2, 0.25) is 0 Å². The predicted molar refractivity (Wildman–Crippen MR) is 86.8 cm³/mol. The van der Waals surface area contributed by atoms with Gasteiger partial charge in [0.05, 0.1) is 4.92 Å². The molecular weight excluding hydrogens is 308 g/mol. The highest BCUT2D eigenvalue weighted by atomic mass is 35.5. The molecule has 0 radical (unpaired) electrons. The molecule has 0 saturated carbocycles. The minimum Gasteiger partial charge on any atom is -0.305 e. The van der Waals surface area contributed by atoms with Gasteiger partial charge in [-0.25, -0.2) is 0 Å². The molecule has 1 aromatic carbocycles. The number of thiophene rings is 1. The molecule has 0 saturated heterocycles. The maximum atomic E-state index is 11.1. The molecule has 0 spiro atoms. The van der Waals surface area contributed by atoms with Gasteiger partial charge >= 0.3 is 0 Å². The van der Waals surface area contributed by atoms with Crippen LogP contribution >= 0.6 is 22.9 Å². The second kappa shape index (κ2) is 7.02. The summed E-state index contributed by atoms with van der Waals surface area (Å²) in [5.41, 5.74) is 0.704. The lowest BCUT2D eigenvalue weighted by Gasteiger charge is -2.21. The lowest BCUT2D eigenvalue weighted by atomic mass is 10.0. The topological polar surface area (TPSA) is 55.2 Å². The summed E-state index contributed by atoms with van der Waals surface area (Å²) in [4.78, 5) is 11.9. The number of benzene rings is 1. The number of nitrogens with one attached hydrogen (secondary N) is 1. The van der Waals surface area contributed by atoms with Crippen LogP contribution in [0.4, 0.5) is 5.69 Å². The van der Waals surface area contributed by atoms with Gasteiger partial charge in [0.15, 0.2) is 0 Å². The van der Waals surface area contributed by atoms with Gasteiger partial charge in [-0.1, -0.05) is 31.5 Å². The van der Waals surface area contributed by atoms with Gasteiger partial charge < -0.3 is 5.32 Å². The number of hydrogen-bond acceptors (Lipinski definition) is 4. The molecule has 2 rings (SSSR count). The van der Waals surface area contributed by atoms with E-state index in [0.29, 0.717) is 23.0 Å². The van der Waals surface area contributed by atoms with E-state index in [1.54, 1.807) is 23.5 Å². The molecule has 1 atom stereocenters. The molecule has 1 unspecified atom stereocenters. The Kier molecular flexibility index (Phi) is 5.33. The summed E-state index contributed by atoms with van der Waals surface area (Å²) in [5.74, 6) is 0.398. The zero-order valence-corrected chi connectivity index (χ0v) is 13.4. The minimum atomic E-state index is -0.390. The van der Waals surface area contributed by atoms with Crippen LogP contribution in [0.25, 0.3) is 0 Å². The molecule has 112 valence electrons. The quantitative estimate of drug-likeness (QED) is 0.613. The van der Waals surface area contributed by atoms with Crippen molar-refractivity contribution in [3.05, 3.63) is 61.3 Å². The summed E-state index contributed by atoms with van der Waals surface area (Å²) in [5, 5.41) is 16.9. The first-order chi connectivity index (χ1) is 9.99. The maximum Gasteiger partial charge on any atom is 0.275 e. The summed E-state index contributed by atoms with van der Waals surface area (Å²) in [6, 6.07) is 9.06. The molecule has 1 N–H and O–H groups in total. The van der Waals surface area contributed by atoms with Crippen molar-refractivity contribution in [2.45, 2.75) is 26.4 Å². The average molecular weight is 325 g/mol. The van der Waals surface area contributed by atoms with Crippen LogP contribution in [0.1, 0.15) is 30.3 Å². The fourth-order valence-electron chi connectivity index (χ4n) is 2.21. The molecule has 1 aromatic heterocycles. The van der Waals surface area contributed by atoms with Crippen molar-refractivity contribution in [2.24, 2.45) is 5.92 Å². The molecule has 1 heterocycles. The highest BCUT2D eigenvalue weighted by Crippen LogP contribution is 2.28. The number of nitrogens with zero attached hydrogens (tertiary/aromatic N) is 1. The largest absolute Gasteiger partial charge is 0.305 e. The van der Waals surface area contributed by atoms with Crippen LogP contribution in [0, 0.1) is 16.0 Å². The third-order valence-electron chi connectivity index (χ3n) is 3.27. The van der Waals surface area contributed by atoms with Gasteiger partial charge in [-0.05, 0) is 29.5 Å². The van der Waals surface area contributed by atoms with Gasteiger partial charge in [0, 0.05) is 34.1 Å². The Balaban J connectivity index is 2.16. The molecule has 0 fully saturated rings. The Hall–Kier alpha value is -1.43. The molecule has 2 aromatic rings. The second-order valence-electron chi connectivity index (χ2n) is 5.15. The summed E-state index contributed by atoms with van der Waals surface area (Å²) < 4.78 is 0. The van der Waals surface area contributed by atoms with Gasteiger partial charge in [-0.2, -0.15) is 0 Å². The zero-order valence-electron chi connectivity index (χ0n) is 11.9. The van der Waals surface area contributed by atoms with Crippen LogP contribution in [-0.4, -0.2) is 4.92 Å². The van der Waals surface area contributed by atoms with E-state index in [2.05, 4.69) is 25.2 Å². The average Bonchev–Trinajstić information content (AvgIpc) is 2.93. The molecule has 21 heavy (non-hydrogen) atoms. The lowest BCUT2D eigenvalue weighted by molar-refractivity contribution is -0.385. The van der Waals surface area contributed by atoms with Crippen molar-refractivity contribution in [1.29, 1.82) is 0 Å². The smallest absolute Gasteiger partial charge is 0.275 e. The molecule has 0 bridgehead atoms. The highest BCUT2D eigenvalue weighted by Gasteiger charge is 2.19. The molecule has 4 nitrogen and oxygen atoms in total. The summed E-state index contributed by atoms with van der Waals surface area (Å²) in [6.07, 6.45) is 0. The summed E-state index contributed by atoms with van der Waals surface area (Å²) in [7, 11) is 0. The first-order valence-electron chi connectivity index (χ1n) is 6.68. The molecule has 0 amide bonds. The molecule has 6 heteroatoms. The number of hydrogen-bond donors (Lipinski definition) is 1. The Labute approximate surface area is 132 Å². The first kappa shape index (κ1) is 15.9. The van der Waals surface area contributed by atoms with Crippen LogP contribution in [0.2, 0.25) is 5.02 Å². The molecule has 0 aliphatic carbocycles. The number of nitro benzene ring substituents is 1. The second-order valence-corrected chi connectivity index (χ2v) is 6.56. The maximum absolute atomic E-state index is 11.1. The Morgan fingerprint density at radius 1 is 1.38 bits per heavy atom. The van der Waals surface area contributed by atoms with Gasteiger partial charge in [0.1, 0.15) is 0 Å². The minimum absolute atomic E-state index is 0.0590. The summed E-state index contributed by atoms with van der Waals surface area (Å²) >= 11 is 7.52. The lowest BCUT2D eigenvalue weighted by Crippen LogP contribution is -2.24. The normalized spacial score (nSPS) is 12.6. The van der Waals surface area contributed by atoms with Crippen LogP contribution < -0.4 is 5.32 Å². The van der Waals surface area contributed by atoms with Crippen molar-refractivity contribution < 1.29 is 4.92 Å². The van der Waals surface area contributed by atoms with Crippen LogP contribution in [0.15, 0.2) is 35.7 Å². The SMILES string of the molecule is CC(C)C(NCc1ccc(Cl)cc1[N+](=O)[O-])c1cccs1. The fraction of sp³-hybridized carbons (Fsp3) is 0.333. The van der Waals surface area contributed by atoms with E-state index in [1.165, 1.54) is 10.9 Å². The van der Waals surface area contributed by atoms with E-state index in [-0.39, 0.29) is 11.7 Å². The molecular formula is C15H17ClN2O2S. The van der Waals surface area contributed by atoms with E-state index < -0.39 is 4.92 Å². The molecule has 0 aliphatic rings. The van der Waals surface area contributed by atoms with E-state index in [1.807, 2.05) is 11.4 Å². The monoisotopic (exact) mass is 324 g/mol. The first-order valence-corrected chi connectivity index (χ1v) is 7.94. The van der Waals surface area contributed by atoms with E-state index >= 15 is 0 Å². The highest BCUT2D eigenvalue weighted by molar-refractivity contribution is 7.10. The number of halogens is 1. The predicted octanol–water partition coefficient (Wildman–Crippen LogP) is 4.80. The third kappa shape index (κ3) is 4.03.